The fourth-order valence-electron chi connectivity index (χ4n) is 1.75. The van der Waals surface area contributed by atoms with Gasteiger partial charge in [-0.05, 0) is 11.6 Å². The number of nitrogens with zero attached hydrogens (tertiary/aromatic N) is 3. The summed E-state index contributed by atoms with van der Waals surface area (Å²) in [6, 6.07) is 8.64. The minimum Gasteiger partial charge on any atom is -0.337 e. The van der Waals surface area contributed by atoms with Crippen LogP contribution in [0.4, 0.5) is 0 Å². The Morgan fingerprint density at radius 2 is 2.15 bits per heavy atom. The van der Waals surface area contributed by atoms with Crippen LogP contribution in [0.2, 0.25) is 0 Å². The van der Waals surface area contributed by atoms with Crippen LogP contribution in [-0.4, -0.2) is 18.0 Å². The molecule has 2 aromatic rings. The average Bonchev–Trinajstić information content (AvgIpc) is 2.82. The molecule has 0 saturated carbocycles. The van der Waals surface area contributed by atoms with E-state index >= 15 is 0 Å². The fraction of sp³-hybridized carbons (Fsp3) is 0.231. The van der Waals surface area contributed by atoms with Crippen molar-refractivity contribution in [2.75, 3.05) is 0 Å². The van der Waals surface area contributed by atoms with Crippen LogP contribution in [0.1, 0.15) is 17.0 Å². The van der Waals surface area contributed by atoms with Gasteiger partial charge in [0.15, 0.2) is 0 Å². The van der Waals surface area contributed by atoms with E-state index in [4.69, 9.17) is 5.26 Å². The molecule has 0 atom stereocenters. The number of hydrogen-bond donors (Lipinski definition) is 1. The Morgan fingerprint density at radius 3 is 2.80 bits per heavy atom. The zero-order valence-electron chi connectivity index (χ0n) is 10.9. The first-order chi connectivity index (χ1) is 9.52. The molecule has 0 aliphatic carbocycles. The van der Waals surface area contributed by atoms with Crippen LogP contribution in [0.15, 0.2) is 36.7 Å². The summed E-state index contributed by atoms with van der Waals surface area (Å²) in [5, 5.41) is 8.95. The summed E-state index contributed by atoms with van der Waals surface area (Å²) in [5.74, 6) is 0.406. The van der Waals surface area contributed by atoms with Crippen molar-refractivity contribution in [1.29, 1.82) is 5.26 Å². The smallest absolute Gasteiger partial charge is 0.216 e. The van der Waals surface area contributed by atoms with Crippen molar-refractivity contribution >= 4 is 10.0 Å². The summed E-state index contributed by atoms with van der Waals surface area (Å²) in [7, 11) is -1.72. The quantitative estimate of drug-likeness (QED) is 0.886. The SMILES string of the molecule is Cn1ccnc1CNS(=O)(=O)Cc1ccccc1C#N. The molecule has 1 aromatic carbocycles. The average molecular weight is 290 g/mol. The molecule has 2 rings (SSSR count). The van der Waals surface area contributed by atoms with Gasteiger partial charge >= 0.3 is 0 Å². The van der Waals surface area contributed by atoms with Gasteiger partial charge in [-0.3, -0.25) is 0 Å². The van der Waals surface area contributed by atoms with E-state index in [-0.39, 0.29) is 12.3 Å². The van der Waals surface area contributed by atoms with E-state index in [0.717, 1.165) is 0 Å². The Bertz CT molecular complexity index is 744. The molecule has 0 bridgehead atoms. The number of aryl methyl sites for hydroxylation is 1. The van der Waals surface area contributed by atoms with Crippen LogP contribution < -0.4 is 4.72 Å². The summed E-state index contributed by atoms with van der Waals surface area (Å²) in [6.07, 6.45) is 3.35. The summed E-state index contributed by atoms with van der Waals surface area (Å²) in [6.45, 7) is 0.126. The number of nitrogens with one attached hydrogen (secondary N) is 1. The molecule has 0 amide bonds. The summed E-state index contributed by atoms with van der Waals surface area (Å²) in [5.41, 5.74) is 0.859. The van der Waals surface area contributed by atoms with E-state index in [0.29, 0.717) is 17.0 Å². The molecule has 0 radical (unpaired) electrons. The van der Waals surface area contributed by atoms with Gasteiger partial charge in [0.05, 0.1) is 23.9 Å². The van der Waals surface area contributed by atoms with Crippen LogP contribution in [-0.2, 0) is 29.4 Å². The van der Waals surface area contributed by atoms with Gasteiger partial charge in [-0.2, -0.15) is 5.26 Å². The maximum absolute atomic E-state index is 12.0. The molecule has 0 aliphatic heterocycles. The molecule has 1 N–H and O–H groups in total. The third-order valence-electron chi connectivity index (χ3n) is 2.85. The van der Waals surface area contributed by atoms with Crippen molar-refractivity contribution in [2.24, 2.45) is 7.05 Å². The second-order valence-corrected chi connectivity index (χ2v) is 6.11. The van der Waals surface area contributed by atoms with Crippen LogP contribution >= 0.6 is 0 Å². The number of hydrogen-bond acceptors (Lipinski definition) is 4. The van der Waals surface area contributed by atoms with Gasteiger partial charge < -0.3 is 4.57 Å². The minimum atomic E-state index is -3.51. The second kappa shape index (κ2) is 5.86. The van der Waals surface area contributed by atoms with Crippen molar-refractivity contribution in [3.8, 4) is 6.07 Å². The van der Waals surface area contributed by atoms with Gasteiger partial charge in [0.2, 0.25) is 10.0 Å². The minimum absolute atomic E-state index is 0.126. The summed E-state index contributed by atoms with van der Waals surface area (Å²) >= 11 is 0. The van der Waals surface area contributed by atoms with Crippen molar-refractivity contribution in [1.82, 2.24) is 14.3 Å². The molecule has 0 saturated heterocycles. The number of nitriles is 1. The summed E-state index contributed by atoms with van der Waals surface area (Å²) in [4.78, 5) is 4.04. The van der Waals surface area contributed by atoms with Crippen molar-refractivity contribution < 1.29 is 8.42 Å². The summed E-state index contributed by atoms with van der Waals surface area (Å²) < 4.78 is 28.3. The Labute approximate surface area is 117 Å². The topological polar surface area (TPSA) is 87.8 Å². The lowest BCUT2D eigenvalue weighted by Crippen LogP contribution is -2.26. The Hall–Kier alpha value is -2.17. The molecule has 0 fully saturated rings. The van der Waals surface area contributed by atoms with E-state index in [1.165, 1.54) is 0 Å². The third-order valence-corrected chi connectivity index (χ3v) is 4.13. The molecule has 6 nitrogen and oxygen atoms in total. The third kappa shape index (κ3) is 3.44. The van der Waals surface area contributed by atoms with Crippen LogP contribution in [0.25, 0.3) is 0 Å². The number of imidazole rings is 1. The lowest BCUT2D eigenvalue weighted by atomic mass is 10.1. The van der Waals surface area contributed by atoms with Crippen LogP contribution in [0.5, 0.6) is 0 Å². The van der Waals surface area contributed by atoms with Crippen LogP contribution in [0, 0.1) is 11.3 Å². The largest absolute Gasteiger partial charge is 0.337 e. The molecule has 20 heavy (non-hydrogen) atoms. The highest BCUT2D eigenvalue weighted by Crippen LogP contribution is 2.11. The standard InChI is InChI=1S/C13H14N4O2S/c1-17-7-6-15-13(17)9-16-20(18,19)10-12-5-3-2-4-11(12)8-14/h2-7,16H,9-10H2,1H3. The number of aromatic nitrogens is 2. The van der Waals surface area contributed by atoms with E-state index in [1.54, 1.807) is 48.3 Å². The maximum atomic E-state index is 12.0. The van der Waals surface area contributed by atoms with Gasteiger partial charge in [0.25, 0.3) is 0 Å². The van der Waals surface area contributed by atoms with Gasteiger partial charge in [-0.15, -0.1) is 0 Å². The first-order valence-corrected chi connectivity index (χ1v) is 7.58. The monoisotopic (exact) mass is 290 g/mol. The number of benzene rings is 1. The second-order valence-electron chi connectivity index (χ2n) is 4.30. The molecule has 1 aromatic heterocycles. The molecule has 0 spiro atoms. The lowest BCUT2D eigenvalue weighted by molar-refractivity contribution is 0.576. The van der Waals surface area contributed by atoms with Gasteiger partial charge in [-0.1, -0.05) is 18.2 Å². The highest BCUT2D eigenvalue weighted by atomic mass is 32.2. The molecule has 0 unspecified atom stereocenters. The molecule has 1 heterocycles. The van der Waals surface area contributed by atoms with Gasteiger partial charge in [0.1, 0.15) is 5.82 Å². The molecule has 7 heteroatoms. The highest BCUT2D eigenvalue weighted by Gasteiger charge is 2.14. The Kier molecular flexibility index (Phi) is 4.17. The first-order valence-electron chi connectivity index (χ1n) is 5.93. The predicted octanol–water partition coefficient (Wildman–Crippen LogP) is 0.911. The van der Waals surface area contributed by atoms with E-state index in [1.807, 2.05) is 6.07 Å². The van der Waals surface area contributed by atoms with E-state index < -0.39 is 10.0 Å². The fourth-order valence-corrected chi connectivity index (χ4v) is 2.86. The van der Waals surface area contributed by atoms with E-state index in [9.17, 15) is 8.42 Å². The zero-order valence-corrected chi connectivity index (χ0v) is 11.8. The van der Waals surface area contributed by atoms with Crippen molar-refractivity contribution in [2.45, 2.75) is 12.3 Å². The van der Waals surface area contributed by atoms with Crippen molar-refractivity contribution in [3.05, 3.63) is 53.6 Å². The van der Waals surface area contributed by atoms with Crippen LogP contribution in [0.3, 0.4) is 0 Å². The van der Waals surface area contributed by atoms with Gasteiger partial charge in [-0.25, -0.2) is 18.1 Å². The van der Waals surface area contributed by atoms with Crippen molar-refractivity contribution in [3.63, 3.8) is 0 Å². The maximum Gasteiger partial charge on any atom is 0.216 e. The molecule has 0 aliphatic rings. The highest BCUT2D eigenvalue weighted by molar-refractivity contribution is 7.88. The number of sulfonamides is 1. The van der Waals surface area contributed by atoms with E-state index in [2.05, 4.69) is 9.71 Å². The Balaban J connectivity index is 2.08. The molecular formula is C13H14N4O2S. The first kappa shape index (κ1) is 14.2. The lowest BCUT2D eigenvalue weighted by Gasteiger charge is -2.08. The molecular weight excluding hydrogens is 276 g/mol. The molecule has 104 valence electrons. The Morgan fingerprint density at radius 1 is 1.40 bits per heavy atom. The zero-order chi connectivity index (χ0) is 14.6. The predicted molar refractivity (Wildman–Crippen MR) is 73.8 cm³/mol. The normalized spacial score (nSPS) is 11.2. The number of rotatable bonds is 5. The van der Waals surface area contributed by atoms with Gasteiger partial charge in [0, 0.05) is 19.4 Å².